The fraction of sp³-hybridized carbons (Fsp3) is 0.462. The zero-order chi connectivity index (χ0) is 15.6. The highest BCUT2D eigenvalue weighted by atomic mass is 35.5. The number of benzene rings is 1. The van der Waals surface area contributed by atoms with Crippen LogP contribution < -0.4 is 0 Å². The van der Waals surface area contributed by atoms with Gasteiger partial charge in [0.25, 0.3) is 11.6 Å². The van der Waals surface area contributed by atoms with Crippen LogP contribution in [0.4, 0.5) is 5.69 Å². The second kappa shape index (κ2) is 6.60. The Morgan fingerprint density at radius 1 is 1.38 bits per heavy atom. The molecule has 0 saturated carbocycles. The van der Waals surface area contributed by atoms with E-state index in [-0.39, 0.29) is 33.2 Å². The van der Waals surface area contributed by atoms with Gasteiger partial charge in [-0.1, -0.05) is 23.2 Å². The molecule has 1 amide bonds. The SMILES string of the molecule is CN(C(=O)c1cc([N+](=O)[O-])cc(Cl)c1Cl)C1CCOCC1. The molecule has 1 saturated heterocycles. The second-order valence-electron chi connectivity index (χ2n) is 4.81. The van der Waals surface area contributed by atoms with Crippen molar-refractivity contribution in [2.45, 2.75) is 18.9 Å². The minimum Gasteiger partial charge on any atom is -0.381 e. The topological polar surface area (TPSA) is 72.7 Å². The molecule has 1 aromatic carbocycles. The lowest BCUT2D eigenvalue weighted by Gasteiger charge is -2.31. The Labute approximate surface area is 131 Å². The summed E-state index contributed by atoms with van der Waals surface area (Å²) in [6.45, 7) is 1.18. The summed E-state index contributed by atoms with van der Waals surface area (Å²) in [6, 6.07) is 2.32. The molecular weight excluding hydrogens is 319 g/mol. The molecule has 6 nitrogen and oxygen atoms in total. The minimum absolute atomic E-state index is 0.00501. The van der Waals surface area contributed by atoms with Gasteiger partial charge >= 0.3 is 0 Å². The fourth-order valence-electron chi connectivity index (χ4n) is 2.26. The third-order valence-corrected chi connectivity index (χ3v) is 4.32. The van der Waals surface area contributed by atoms with Crippen LogP contribution in [-0.4, -0.2) is 42.0 Å². The number of carbonyl (C=O) groups is 1. The van der Waals surface area contributed by atoms with Crippen molar-refractivity contribution < 1.29 is 14.5 Å². The number of rotatable bonds is 3. The molecule has 0 aromatic heterocycles. The molecule has 0 aliphatic carbocycles. The Morgan fingerprint density at radius 2 is 2.00 bits per heavy atom. The predicted octanol–water partition coefficient (Wildman–Crippen LogP) is 3.15. The van der Waals surface area contributed by atoms with E-state index in [1.807, 2.05) is 0 Å². The van der Waals surface area contributed by atoms with Crippen LogP contribution in [0.5, 0.6) is 0 Å². The number of hydrogen-bond donors (Lipinski definition) is 0. The Bertz CT molecular complexity index is 574. The second-order valence-corrected chi connectivity index (χ2v) is 5.59. The van der Waals surface area contributed by atoms with Crippen molar-refractivity contribution in [1.29, 1.82) is 0 Å². The van der Waals surface area contributed by atoms with Crippen molar-refractivity contribution in [2.75, 3.05) is 20.3 Å². The largest absolute Gasteiger partial charge is 0.381 e. The maximum absolute atomic E-state index is 12.5. The molecule has 0 atom stereocenters. The lowest BCUT2D eigenvalue weighted by Crippen LogP contribution is -2.40. The fourth-order valence-corrected chi connectivity index (χ4v) is 2.67. The Kier molecular flexibility index (Phi) is 5.03. The summed E-state index contributed by atoms with van der Waals surface area (Å²) >= 11 is 11.9. The molecule has 1 heterocycles. The molecule has 21 heavy (non-hydrogen) atoms. The van der Waals surface area contributed by atoms with Crippen molar-refractivity contribution in [3.05, 3.63) is 37.9 Å². The van der Waals surface area contributed by atoms with E-state index in [4.69, 9.17) is 27.9 Å². The van der Waals surface area contributed by atoms with Crippen molar-refractivity contribution >= 4 is 34.8 Å². The first-order valence-electron chi connectivity index (χ1n) is 6.40. The van der Waals surface area contributed by atoms with E-state index in [2.05, 4.69) is 0 Å². The standard InChI is InChI=1S/C13H14Cl2N2O4/c1-16(8-2-4-21-5-3-8)13(18)10-6-9(17(19)20)7-11(14)12(10)15/h6-8H,2-5H2,1H3. The zero-order valence-corrected chi connectivity index (χ0v) is 12.9. The van der Waals surface area contributed by atoms with Gasteiger partial charge in [-0.05, 0) is 12.8 Å². The number of hydrogen-bond acceptors (Lipinski definition) is 4. The summed E-state index contributed by atoms with van der Waals surface area (Å²) in [7, 11) is 1.65. The highest BCUT2D eigenvalue weighted by Crippen LogP contribution is 2.32. The Morgan fingerprint density at radius 3 is 2.57 bits per heavy atom. The van der Waals surface area contributed by atoms with Crippen molar-refractivity contribution in [1.82, 2.24) is 4.90 Å². The number of ether oxygens (including phenoxy) is 1. The molecule has 0 N–H and O–H groups in total. The number of nitro groups is 1. The molecule has 0 radical (unpaired) electrons. The van der Waals surface area contributed by atoms with E-state index in [1.165, 1.54) is 0 Å². The van der Waals surface area contributed by atoms with Gasteiger partial charge in [0.2, 0.25) is 0 Å². The van der Waals surface area contributed by atoms with Gasteiger partial charge in [-0.3, -0.25) is 14.9 Å². The molecule has 0 unspecified atom stereocenters. The van der Waals surface area contributed by atoms with Crippen molar-refractivity contribution in [3.8, 4) is 0 Å². The van der Waals surface area contributed by atoms with Crippen LogP contribution in [0.25, 0.3) is 0 Å². The van der Waals surface area contributed by atoms with Gasteiger partial charge in [0.05, 0.1) is 20.5 Å². The molecule has 1 aliphatic rings. The predicted molar refractivity (Wildman–Crippen MR) is 79.1 cm³/mol. The smallest absolute Gasteiger partial charge is 0.271 e. The number of amides is 1. The first-order valence-corrected chi connectivity index (χ1v) is 7.15. The number of non-ortho nitro benzene ring substituents is 1. The quantitative estimate of drug-likeness (QED) is 0.629. The van der Waals surface area contributed by atoms with Gasteiger partial charge in [0, 0.05) is 38.4 Å². The highest BCUT2D eigenvalue weighted by Gasteiger charge is 2.27. The lowest BCUT2D eigenvalue weighted by atomic mass is 10.1. The summed E-state index contributed by atoms with van der Waals surface area (Å²) < 4.78 is 5.25. The average molecular weight is 333 g/mol. The number of nitro benzene ring substituents is 1. The molecule has 114 valence electrons. The summed E-state index contributed by atoms with van der Waals surface area (Å²) in [4.78, 5) is 24.3. The van der Waals surface area contributed by atoms with Gasteiger partial charge in [0.1, 0.15) is 0 Å². The van der Waals surface area contributed by atoms with Gasteiger partial charge in [-0.15, -0.1) is 0 Å². The van der Waals surface area contributed by atoms with Gasteiger partial charge in [-0.25, -0.2) is 0 Å². The first-order chi connectivity index (χ1) is 9.91. The molecule has 0 bridgehead atoms. The minimum atomic E-state index is -0.604. The number of carbonyl (C=O) groups excluding carboxylic acids is 1. The van der Waals surface area contributed by atoms with E-state index in [9.17, 15) is 14.9 Å². The highest BCUT2D eigenvalue weighted by molar-refractivity contribution is 6.44. The molecule has 1 aromatic rings. The van der Waals surface area contributed by atoms with Crippen LogP contribution in [0, 0.1) is 10.1 Å². The Hall–Kier alpha value is -1.37. The summed E-state index contributed by atoms with van der Waals surface area (Å²) in [5.41, 5.74) is -0.210. The first kappa shape index (κ1) is 16.0. The Balaban J connectivity index is 2.31. The van der Waals surface area contributed by atoms with Gasteiger partial charge in [0.15, 0.2) is 0 Å². The number of nitrogens with zero attached hydrogens (tertiary/aromatic N) is 2. The van der Waals surface area contributed by atoms with E-state index >= 15 is 0 Å². The molecule has 2 rings (SSSR count). The van der Waals surface area contributed by atoms with Crippen LogP contribution in [0.2, 0.25) is 10.0 Å². The van der Waals surface area contributed by atoms with Crippen molar-refractivity contribution in [2.24, 2.45) is 0 Å². The zero-order valence-electron chi connectivity index (χ0n) is 11.3. The van der Waals surface area contributed by atoms with Crippen LogP contribution in [0.1, 0.15) is 23.2 Å². The average Bonchev–Trinajstić information content (AvgIpc) is 2.49. The summed E-state index contributed by atoms with van der Waals surface area (Å²) in [6.07, 6.45) is 1.45. The molecule has 8 heteroatoms. The third kappa shape index (κ3) is 3.45. The van der Waals surface area contributed by atoms with Crippen LogP contribution in [-0.2, 0) is 4.74 Å². The molecule has 1 aliphatic heterocycles. The summed E-state index contributed by atoms with van der Waals surface area (Å²) in [5.74, 6) is -0.377. The van der Waals surface area contributed by atoms with Crippen LogP contribution >= 0.6 is 23.2 Å². The maximum Gasteiger partial charge on any atom is 0.271 e. The lowest BCUT2D eigenvalue weighted by molar-refractivity contribution is -0.384. The molecule has 0 spiro atoms. The monoisotopic (exact) mass is 332 g/mol. The maximum atomic E-state index is 12.5. The van der Waals surface area contributed by atoms with E-state index in [0.717, 1.165) is 25.0 Å². The normalized spacial score (nSPS) is 15.8. The van der Waals surface area contributed by atoms with Crippen molar-refractivity contribution in [3.63, 3.8) is 0 Å². The van der Waals surface area contributed by atoms with Gasteiger partial charge < -0.3 is 9.64 Å². The van der Waals surface area contributed by atoms with E-state index < -0.39 is 4.92 Å². The van der Waals surface area contributed by atoms with Crippen LogP contribution in [0.15, 0.2) is 12.1 Å². The van der Waals surface area contributed by atoms with Crippen LogP contribution in [0.3, 0.4) is 0 Å². The van der Waals surface area contributed by atoms with E-state index in [1.54, 1.807) is 11.9 Å². The summed E-state index contributed by atoms with van der Waals surface area (Å²) in [5, 5.41) is 10.9. The van der Waals surface area contributed by atoms with Gasteiger partial charge in [-0.2, -0.15) is 0 Å². The third-order valence-electron chi connectivity index (χ3n) is 3.51. The number of halogens is 2. The molecular formula is C13H14Cl2N2O4. The van der Waals surface area contributed by atoms with E-state index in [0.29, 0.717) is 13.2 Å². The molecule has 1 fully saturated rings.